The number of hydrogen-bond donors (Lipinski definition) is 2. The van der Waals surface area contributed by atoms with Crippen LogP contribution in [0.4, 0.5) is 0 Å². The van der Waals surface area contributed by atoms with Crippen LogP contribution in [0.25, 0.3) is 0 Å². The van der Waals surface area contributed by atoms with Crippen molar-refractivity contribution in [2.75, 3.05) is 0 Å². The molecule has 1 atom stereocenters. The molecule has 1 amide bonds. The fourth-order valence-corrected chi connectivity index (χ4v) is 4.19. The van der Waals surface area contributed by atoms with Gasteiger partial charge in [0.2, 0.25) is 5.91 Å². The molecular weight excluding hydrogens is 324 g/mol. The molecule has 2 N–H and O–H groups in total. The van der Waals surface area contributed by atoms with Crippen LogP contribution in [0.15, 0.2) is 4.79 Å². The number of aryl methyl sites for hydroxylation is 4. The minimum absolute atomic E-state index is 0.0316. The van der Waals surface area contributed by atoms with Crippen molar-refractivity contribution in [3.05, 3.63) is 43.0 Å². The average Bonchev–Trinajstić information content (AvgIpc) is 2.95. The number of hydrogen-bond acceptors (Lipinski definition) is 5. The molecule has 2 heterocycles. The zero-order chi connectivity index (χ0) is 17.3. The Morgan fingerprint density at radius 3 is 2.75 bits per heavy atom. The van der Waals surface area contributed by atoms with Crippen molar-refractivity contribution in [1.29, 1.82) is 0 Å². The molecule has 128 valence electrons. The van der Waals surface area contributed by atoms with Gasteiger partial charge in [-0.2, -0.15) is 0 Å². The van der Waals surface area contributed by atoms with Crippen molar-refractivity contribution in [2.24, 2.45) is 0 Å². The lowest BCUT2D eigenvalue weighted by Gasteiger charge is -2.12. The molecule has 0 fully saturated rings. The zero-order valence-electron chi connectivity index (χ0n) is 14.2. The van der Waals surface area contributed by atoms with E-state index >= 15 is 0 Å². The number of rotatable bonds is 4. The maximum Gasteiger partial charge on any atom is 0.254 e. The summed E-state index contributed by atoms with van der Waals surface area (Å²) >= 11 is 1.69. The highest BCUT2D eigenvalue weighted by atomic mass is 32.1. The molecule has 2 aromatic rings. The number of aromatic nitrogens is 3. The molecule has 6 nitrogen and oxygen atoms in total. The van der Waals surface area contributed by atoms with E-state index in [1.165, 1.54) is 23.4 Å². The molecule has 0 spiro atoms. The first kappa shape index (κ1) is 16.8. The molecule has 0 aliphatic heterocycles. The maximum absolute atomic E-state index is 12.3. The van der Waals surface area contributed by atoms with Gasteiger partial charge in [-0.3, -0.25) is 9.59 Å². The number of carbonyl (C=O) groups excluding carboxylic acids is 1. The Morgan fingerprint density at radius 2 is 2.04 bits per heavy atom. The third-order valence-electron chi connectivity index (χ3n) is 4.29. The fourth-order valence-electron chi connectivity index (χ4n) is 3.03. The van der Waals surface area contributed by atoms with Gasteiger partial charge >= 0.3 is 0 Å². The van der Waals surface area contributed by atoms with Crippen LogP contribution >= 0.6 is 11.3 Å². The van der Waals surface area contributed by atoms with Gasteiger partial charge in [-0.05, 0) is 46.5 Å². The first-order valence-electron chi connectivity index (χ1n) is 8.28. The van der Waals surface area contributed by atoms with Crippen molar-refractivity contribution in [3.63, 3.8) is 0 Å². The Hall–Kier alpha value is -2.02. The van der Waals surface area contributed by atoms with E-state index in [0.29, 0.717) is 17.1 Å². The van der Waals surface area contributed by atoms with Crippen molar-refractivity contribution in [2.45, 2.75) is 58.9 Å². The van der Waals surface area contributed by atoms with Gasteiger partial charge in [-0.1, -0.05) is 0 Å². The Balaban J connectivity index is 1.68. The lowest BCUT2D eigenvalue weighted by Crippen LogP contribution is -2.31. The van der Waals surface area contributed by atoms with Crippen molar-refractivity contribution >= 4 is 17.2 Å². The molecule has 0 aromatic carbocycles. The predicted octanol–water partition coefficient (Wildman–Crippen LogP) is 2.14. The number of H-pyrrole nitrogens is 1. The van der Waals surface area contributed by atoms with Gasteiger partial charge in [0.05, 0.1) is 18.2 Å². The van der Waals surface area contributed by atoms with E-state index in [4.69, 9.17) is 0 Å². The van der Waals surface area contributed by atoms with Crippen LogP contribution in [-0.4, -0.2) is 20.9 Å². The second-order valence-electron chi connectivity index (χ2n) is 6.31. The normalized spacial score (nSPS) is 15.0. The highest BCUT2D eigenvalue weighted by molar-refractivity contribution is 7.11. The molecule has 0 bridgehead atoms. The summed E-state index contributed by atoms with van der Waals surface area (Å²) in [7, 11) is 0. The third kappa shape index (κ3) is 3.56. The number of carbonyl (C=O) groups is 1. The summed E-state index contributed by atoms with van der Waals surface area (Å²) in [5.74, 6) is 0.373. The van der Waals surface area contributed by atoms with Crippen LogP contribution in [0.2, 0.25) is 0 Å². The molecule has 0 saturated heterocycles. The topological polar surface area (TPSA) is 87.7 Å². The van der Waals surface area contributed by atoms with Crippen LogP contribution in [0.5, 0.6) is 0 Å². The van der Waals surface area contributed by atoms with Gasteiger partial charge < -0.3 is 10.3 Å². The smallest absolute Gasteiger partial charge is 0.254 e. The summed E-state index contributed by atoms with van der Waals surface area (Å²) in [4.78, 5) is 37.2. The standard InChI is InChI=1S/C17H22N4O2S/c1-9-12(16(23)20-11(3)18-9)8-15(22)19-10(2)17-21-13-6-4-5-7-14(13)24-17/h10H,4-8H2,1-3H3,(H,19,22)(H,18,20,23)/t10-/m0/s1. The number of amides is 1. The van der Waals surface area contributed by atoms with Gasteiger partial charge in [0, 0.05) is 16.1 Å². The van der Waals surface area contributed by atoms with E-state index in [1.54, 1.807) is 25.2 Å². The summed E-state index contributed by atoms with van der Waals surface area (Å²) < 4.78 is 0. The number of fused-ring (bicyclic) bond motifs is 1. The molecule has 0 radical (unpaired) electrons. The van der Waals surface area contributed by atoms with Crippen LogP contribution in [0.1, 0.15) is 58.5 Å². The van der Waals surface area contributed by atoms with E-state index in [2.05, 4.69) is 20.3 Å². The Morgan fingerprint density at radius 1 is 1.29 bits per heavy atom. The minimum Gasteiger partial charge on any atom is -0.347 e. The van der Waals surface area contributed by atoms with Crippen LogP contribution < -0.4 is 10.9 Å². The minimum atomic E-state index is -0.243. The zero-order valence-corrected chi connectivity index (χ0v) is 15.0. The maximum atomic E-state index is 12.3. The second kappa shape index (κ2) is 6.84. The largest absolute Gasteiger partial charge is 0.347 e. The molecule has 7 heteroatoms. The van der Waals surface area contributed by atoms with Crippen molar-refractivity contribution in [1.82, 2.24) is 20.3 Å². The van der Waals surface area contributed by atoms with Gasteiger partial charge in [0.15, 0.2) is 0 Å². The second-order valence-corrected chi connectivity index (χ2v) is 7.43. The third-order valence-corrected chi connectivity index (χ3v) is 5.63. The Labute approximate surface area is 144 Å². The molecule has 0 unspecified atom stereocenters. The first-order chi connectivity index (χ1) is 11.4. The molecule has 1 aliphatic rings. The van der Waals surface area contributed by atoms with Gasteiger partial charge in [0.25, 0.3) is 5.56 Å². The molecule has 2 aromatic heterocycles. The fraction of sp³-hybridized carbons (Fsp3) is 0.529. The van der Waals surface area contributed by atoms with E-state index in [1.807, 2.05) is 6.92 Å². The first-order valence-corrected chi connectivity index (χ1v) is 9.10. The van der Waals surface area contributed by atoms with Crippen molar-refractivity contribution < 1.29 is 4.79 Å². The lowest BCUT2D eigenvalue weighted by molar-refractivity contribution is -0.121. The Bertz CT molecular complexity index is 801. The van der Waals surface area contributed by atoms with Crippen LogP contribution in [0, 0.1) is 13.8 Å². The molecule has 3 rings (SSSR count). The number of thiazole rings is 1. The van der Waals surface area contributed by atoms with Gasteiger partial charge in [0.1, 0.15) is 10.8 Å². The lowest BCUT2D eigenvalue weighted by atomic mass is 10.0. The summed E-state index contributed by atoms with van der Waals surface area (Å²) in [5, 5.41) is 3.90. The quantitative estimate of drug-likeness (QED) is 0.888. The number of aromatic amines is 1. The van der Waals surface area contributed by atoms with E-state index in [0.717, 1.165) is 17.8 Å². The van der Waals surface area contributed by atoms with Crippen LogP contribution in [0.3, 0.4) is 0 Å². The number of nitrogens with zero attached hydrogens (tertiary/aromatic N) is 2. The van der Waals surface area contributed by atoms with Crippen LogP contribution in [-0.2, 0) is 24.1 Å². The van der Waals surface area contributed by atoms with E-state index in [-0.39, 0.29) is 23.9 Å². The monoisotopic (exact) mass is 346 g/mol. The summed E-state index contributed by atoms with van der Waals surface area (Å²) in [6.45, 7) is 5.42. The summed E-state index contributed by atoms with van der Waals surface area (Å²) in [5.41, 5.74) is 1.97. The van der Waals surface area contributed by atoms with Gasteiger partial charge in [-0.25, -0.2) is 9.97 Å². The summed E-state index contributed by atoms with van der Waals surface area (Å²) in [6.07, 6.45) is 4.58. The SMILES string of the molecule is Cc1nc(C)c(CC(=O)N[C@@H](C)c2nc3c(s2)CCCC3)c(=O)[nH]1. The highest BCUT2D eigenvalue weighted by Crippen LogP contribution is 2.29. The number of nitrogens with one attached hydrogen (secondary N) is 2. The molecule has 1 aliphatic carbocycles. The van der Waals surface area contributed by atoms with Gasteiger partial charge in [-0.15, -0.1) is 11.3 Å². The van der Waals surface area contributed by atoms with E-state index in [9.17, 15) is 9.59 Å². The molecule has 24 heavy (non-hydrogen) atoms. The Kier molecular flexibility index (Phi) is 4.80. The molecular formula is C17H22N4O2S. The summed E-state index contributed by atoms with van der Waals surface area (Å²) in [6, 6.07) is -0.147. The van der Waals surface area contributed by atoms with E-state index < -0.39 is 0 Å². The predicted molar refractivity (Wildman–Crippen MR) is 93.3 cm³/mol. The molecule has 0 saturated carbocycles. The highest BCUT2D eigenvalue weighted by Gasteiger charge is 2.20. The average molecular weight is 346 g/mol. The van der Waals surface area contributed by atoms with Crippen molar-refractivity contribution in [3.8, 4) is 0 Å².